The molecule has 1 N–H and O–H groups in total. The lowest BCUT2D eigenvalue weighted by molar-refractivity contribution is 0.576. The third-order valence-corrected chi connectivity index (χ3v) is 3.53. The summed E-state index contributed by atoms with van der Waals surface area (Å²) in [6, 6.07) is 2.16. The van der Waals surface area contributed by atoms with E-state index in [0.717, 1.165) is 43.9 Å². The third-order valence-electron chi connectivity index (χ3n) is 2.67. The number of hydrogen-bond acceptors (Lipinski definition) is 3. The maximum absolute atomic E-state index is 10.9. The molecule has 0 saturated heterocycles. The fourth-order valence-corrected chi connectivity index (χ4v) is 2.27. The van der Waals surface area contributed by atoms with E-state index in [2.05, 4.69) is 30.3 Å². The van der Waals surface area contributed by atoms with Crippen LogP contribution in [0.15, 0.2) is 6.07 Å². The topological polar surface area (TPSA) is 46.9 Å². The van der Waals surface area contributed by atoms with E-state index in [-0.39, 0.29) is 0 Å². The average Bonchev–Trinajstić information content (AvgIpc) is 2.70. The van der Waals surface area contributed by atoms with E-state index in [1.54, 1.807) is 6.26 Å². The normalized spacial score (nSPS) is 12.9. The van der Waals surface area contributed by atoms with E-state index < -0.39 is 10.8 Å². The fraction of sp³-hybridized carbons (Fsp3) is 0.750. The maximum atomic E-state index is 10.9. The molecule has 0 aliphatic heterocycles. The smallest absolute Gasteiger partial charge is 0.0625 e. The lowest BCUT2D eigenvalue weighted by atomic mass is 10.3. The second-order valence-electron chi connectivity index (χ2n) is 4.10. The Morgan fingerprint density at radius 3 is 2.82 bits per heavy atom. The highest BCUT2D eigenvalue weighted by Gasteiger charge is 2.04. The van der Waals surface area contributed by atoms with Crippen molar-refractivity contribution in [3.05, 3.63) is 17.5 Å². The van der Waals surface area contributed by atoms with Crippen molar-refractivity contribution in [2.75, 3.05) is 18.6 Å². The molecule has 1 aromatic heterocycles. The Morgan fingerprint density at radius 2 is 2.24 bits per heavy atom. The quantitative estimate of drug-likeness (QED) is 0.715. The van der Waals surface area contributed by atoms with Gasteiger partial charge in [-0.3, -0.25) is 8.89 Å². The lowest BCUT2D eigenvalue weighted by Crippen LogP contribution is -2.19. The molecule has 0 spiro atoms. The monoisotopic (exact) mass is 257 g/mol. The van der Waals surface area contributed by atoms with Crippen LogP contribution >= 0.6 is 0 Å². The summed E-state index contributed by atoms with van der Waals surface area (Å²) >= 11 is 0. The molecule has 0 fully saturated rings. The summed E-state index contributed by atoms with van der Waals surface area (Å²) in [5.74, 6) is 0.778. The summed E-state index contributed by atoms with van der Waals surface area (Å²) in [7, 11) is -0.674. The molecular formula is C12H23N3OS. The van der Waals surface area contributed by atoms with Gasteiger partial charge in [0.05, 0.1) is 11.4 Å². The molecule has 0 aliphatic carbocycles. The van der Waals surface area contributed by atoms with Crippen LogP contribution in [0.3, 0.4) is 0 Å². The highest BCUT2D eigenvalue weighted by molar-refractivity contribution is 7.84. The van der Waals surface area contributed by atoms with Crippen LogP contribution in [0.4, 0.5) is 0 Å². The number of nitrogens with one attached hydrogen (secondary N) is 1. The molecule has 0 radical (unpaired) electrons. The molecule has 1 unspecified atom stereocenters. The van der Waals surface area contributed by atoms with Gasteiger partial charge in [-0.25, -0.2) is 0 Å². The van der Waals surface area contributed by atoms with Crippen molar-refractivity contribution >= 4 is 10.8 Å². The second kappa shape index (κ2) is 7.61. The number of rotatable bonds is 8. The van der Waals surface area contributed by atoms with E-state index >= 15 is 0 Å². The molecule has 1 rings (SSSR count). The predicted molar refractivity (Wildman–Crippen MR) is 72.5 cm³/mol. The molecular weight excluding hydrogens is 234 g/mol. The molecule has 98 valence electrons. The molecule has 1 heterocycles. The highest BCUT2D eigenvalue weighted by Crippen LogP contribution is 2.05. The van der Waals surface area contributed by atoms with E-state index in [0.29, 0.717) is 0 Å². The van der Waals surface area contributed by atoms with Gasteiger partial charge in [0, 0.05) is 35.9 Å². The molecule has 1 aromatic rings. The molecule has 0 bridgehead atoms. The summed E-state index contributed by atoms with van der Waals surface area (Å²) in [6.45, 7) is 6.90. The maximum Gasteiger partial charge on any atom is 0.0625 e. The van der Waals surface area contributed by atoms with Crippen molar-refractivity contribution in [2.45, 2.75) is 39.8 Å². The molecule has 0 saturated carbocycles. The van der Waals surface area contributed by atoms with Gasteiger partial charge >= 0.3 is 0 Å². The number of hydrogen-bond donors (Lipinski definition) is 1. The second-order valence-corrected chi connectivity index (χ2v) is 5.66. The minimum atomic E-state index is -0.674. The summed E-state index contributed by atoms with van der Waals surface area (Å²) in [6.07, 6.45) is 3.69. The first-order chi connectivity index (χ1) is 8.17. The molecule has 4 nitrogen and oxygen atoms in total. The standard InChI is InChI=1S/C12H23N3OS/c1-4-11-9-12(15(5-2)14-11)10-13-7-6-8-17(3)16/h9,13H,4-8,10H2,1-3H3. The van der Waals surface area contributed by atoms with Crippen molar-refractivity contribution < 1.29 is 4.21 Å². The molecule has 17 heavy (non-hydrogen) atoms. The van der Waals surface area contributed by atoms with Crippen molar-refractivity contribution in [3.63, 3.8) is 0 Å². The van der Waals surface area contributed by atoms with Crippen molar-refractivity contribution in [1.82, 2.24) is 15.1 Å². The Labute approximate surface area is 106 Å². The molecule has 1 atom stereocenters. The summed E-state index contributed by atoms with van der Waals surface area (Å²) in [5.41, 5.74) is 2.39. The van der Waals surface area contributed by atoms with Crippen molar-refractivity contribution in [3.8, 4) is 0 Å². The first kappa shape index (κ1) is 14.4. The Hall–Kier alpha value is -0.680. The van der Waals surface area contributed by atoms with Crippen LogP contribution in [0.5, 0.6) is 0 Å². The molecule has 5 heteroatoms. The zero-order chi connectivity index (χ0) is 12.7. The number of aryl methyl sites for hydroxylation is 2. The van der Waals surface area contributed by atoms with Crippen molar-refractivity contribution in [2.24, 2.45) is 0 Å². The minimum absolute atomic E-state index is 0.674. The first-order valence-corrected chi connectivity index (χ1v) is 7.96. The molecule has 0 aliphatic rings. The molecule has 0 amide bonds. The summed E-state index contributed by atoms with van der Waals surface area (Å²) < 4.78 is 12.9. The van der Waals surface area contributed by atoms with Crippen LogP contribution in [-0.4, -0.2) is 32.5 Å². The van der Waals surface area contributed by atoms with Gasteiger partial charge in [-0.2, -0.15) is 5.10 Å². The van der Waals surface area contributed by atoms with Crippen LogP contribution in [-0.2, 0) is 30.3 Å². The Bertz CT molecular complexity index is 363. The van der Waals surface area contributed by atoms with Crippen molar-refractivity contribution in [1.29, 1.82) is 0 Å². The van der Waals surface area contributed by atoms with E-state index in [9.17, 15) is 4.21 Å². The Kier molecular flexibility index (Phi) is 6.44. The zero-order valence-corrected chi connectivity index (χ0v) is 11.8. The largest absolute Gasteiger partial charge is 0.311 e. The highest BCUT2D eigenvalue weighted by atomic mass is 32.2. The third kappa shape index (κ3) is 5.00. The SMILES string of the molecule is CCc1cc(CNCCCS(C)=O)n(CC)n1. The van der Waals surface area contributed by atoms with Crippen LogP contribution < -0.4 is 5.32 Å². The lowest BCUT2D eigenvalue weighted by Gasteiger charge is -2.06. The Morgan fingerprint density at radius 1 is 1.47 bits per heavy atom. The van der Waals surface area contributed by atoms with Gasteiger partial charge in [0.15, 0.2) is 0 Å². The van der Waals surface area contributed by atoms with E-state index in [4.69, 9.17) is 0 Å². The average molecular weight is 257 g/mol. The van der Waals surface area contributed by atoms with Gasteiger partial charge in [0.2, 0.25) is 0 Å². The summed E-state index contributed by atoms with van der Waals surface area (Å²) in [4.78, 5) is 0. The van der Waals surface area contributed by atoms with Gasteiger partial charge in [-0.15, -0.1) is 0 Å². The fourth-order valence-electron chi connectivity index (χ4n) is 1.72. The van der Waals surface area contributed by atoms with Crippen LogP contribution in [0.25, 0.3) is 0 Å². The molecule has 0 aromatic carbocycles. The van der Waals surface area contributed by atoms with Gasteiger partial charge in [0.1, 0.15) is 0 Å². The summed E-state index contributed by atoms with van der Waals surface area (Å²) in [5, 5.41) is 7.88. The Balaban J connectivity index is 2.35. The van der Waals surface area contributed by atoms with E-state index in [1.807, 2.05) is 4.68 Å². The van der Waals surface area contributed by atoms with Crippen LogP contribution in [0.1, 0.15) is 31.7 Å². The number of aromatic nitrogens is 2. The van der Waals surface area contributed by atoms with Gasteiger partial charge in [-0.05, 0) is 32.4 Å². The minimum Gasteiger partial charge on any atom is -0.311 e. The van der Waals surface area contributed by atoms with Gasteiger partial charge in [0.25, 0.3) is 0 Å². The number of nitrogens with zero attached hydrogens (tertiary/aromatic N) is 2. The van der Waals surface area contributed by atoms with Crippen LogP contribution in [0.2, 0.25) is 0 Å². The van der Waals surface area contributed by atoms with E-state index in [1.165, 1.54) is 5.69 Å². The van der Waals surface area contributed by atoms with Gasteiger partial charge < -0.3 is 5.32 Å². The predicted octanol–water partition coefficient (Wildman–Crippen LogP) is 1.32. The first-order valence-electron chi connectivity index (χ1n) is 6.23. The zero-order valence-electron chi connectivity index (χ0n) is 11.0. The van der Waals surface area contributed by atoms with Crippen LogP contribution in [0, 0.1) is 0 Å². The van der Waals surface area contributed by atoms with Gasteiger partial charge in [-0.1, -0.05) is 6.92 Å².